The minimum atomic E-state index is -4.08. The molecule has 4 aliphatic heterocycles. The van der Waals surface area contributed by atoms with Crippen molar-refractivity contribution in [2.75, 3.05) is 19.6 Å². The maximum absolute atomic E-state index is 14.0. The summed E-state index contributed by atoms with van der Waals surface area (Å²) in [6, 6.07) is 3.56. The molecule has 6 rings (SSSR count). The maximum Gasteiger partial charge on any atom is 0.410 e. The molecule has 0 radical (unpaired) electrons. The second-order valence-electron chi connectivity index (χ2n) is 13.0. The SMILES string of the molecule is N[C@H]1CCCCC/C=C\[C@H]2C[C@@]2(C(=O)NS(=O)(=O)N2CCCC2)NC(=O)[C@@H]2C[C@@H](OC(=O)N3Cc4cccc(Cl)c4C3)CN2C1=O. The Morgan fingerprint density at radius 2 is 1.87 bits per heavy atom. The van der Waals surface area contributed by atoms with E-state index in [0.29, 0.717) is 43.9 Å². The van der Waals surface area contributed by atoms with E-state index in [-0.39, 0.29) is 25.9 Å². The Morgan fingerprint density at radius 1 is 1.09 bits per heavy atom. The number of nitrogens with two attached hydrogens (primary N) is 1. The Kier molecular flexibility index (Phi) is 9.34. The van der Waals surface area contributed by atoms with Gasteiger partial charge in [0.15, 0.2) is 0 Å². The second kappa shape index (κ2) is 13.1. The number of ether oxygens (including phenoxy) is 1. The number of carbonyl (C=O) groups excluding carboxylic acids is 4. The van der Waals surface area contributed by atoms with E-state index in [9.17, 15) is 27.6 Å². The summed E-state index contributed by atoms with van der Waals surface area (Å²) in [6.45, 7) is 1.21. The van der Waals surface area contributed by atoms with E-state index >= 15 is 0 Å². The number of nitrogens with zero attached hydrogens (tertiary/aromatic N) is 3. The lowest BCUT2D eigenvalue weighted by Gasteiger charge is -2.28. The molecule has 2 saturated heterocycles. The van der Waals surface area contributed by atoms with Crippen LogP contribution in [0.15, 0.2) is 30.4 Å². The molecule has 1 aromatic carbocycles. The van der Waals surface area contributed by atoms with Crippen LogP contribution in [-0.2, 0) is 42.4 Å². The molecule has 5 aliphatic rings. The van der Waals surface area contributed by atoms with E-state index in [1.807, 2.05) is 24.3 Å². The van der Waals surface area contributed by atoms with Gasteiger partial charge in [-0.05, 0) is 55.7 Å². The molecule has 1 aromatic rings. The van der Waals surface area contributed by atoms with Gasteiger partial charge >= 0.3 is 16.3 Å². The summed E-state index contributed by atoms with van der Waals surface area (Å²) in [5.74, 6) is -2.29. The van der Waals surface area contributed by atoms with E-state index in [0.717, 1.165) is 36.8 Å². The average Bonchev–Trinajstić information content (AvgIpc) is 3.48. The molecule has 1 aliphatic carbocycles. The Hall–Kier alpha value is -3.20. The first kappa shape index (κ1) is 32.7. The topological polar surface area (TPSA) is 171 Å². The van der Waals surface area contributed by atoms with Gasteiger partial charge in [-0.25, -0.2) is 9.52 Å². The zero-order chi connectivity index (χ0) is 32.6. The number of hydrogen-bond donors (Lipinski definition) is 3. The molecule has 0 spiro atoms. The summed E-state index contributed by atoms with van der Waals surface area (Å²) in [4.78, 5) is 57.2. The second-order valence-corrected chi connectivity index (χ2v) is 15.0. The van der Waals surface area contributed by atoms with Gasteiger partial charge in [0.1, 0.15) is 17.7 Å². The van der Waals surface area contributed by atoms with E-state index in [1.54, 1.807) is 6.07 Å². The van der Waals surface area contributed by atoms with Crippen molar-refractivity contribution in [3.8, 4) is 0 Å². The van der Waals surface area contributed by atoms with Crippen molar-refractivity contribution >= 4 is 45.6 Å². The molecule has 3 fully saturated rings. The van der Waals surface area contributed by atoms with Crippen LogP contribution < -0.4 is 15.8 Å². The Bertz CT molecular complexity index is 1530. The van der Waals surface area contributed by atoms with Crippen LogP contribution in [0.2, 0.25) is 5.02 Å². The van der Waals surface area contributed by atoms with Crippen molar-refractivity contribution in [3.05, 3.63) is 46.5 Å². The molecule has 0 aromatic heterocycles. The first-order valence-corrected chi connectivity index (χ1v) is 17.9. The van der Waals surface area contributed by atoms with Crippen LogP contribution in [0, 0.1) is 5.92 Å². The van der Waals surface area contributed by atoms with Crippen LogP contribution in [0.4, 0.5) is 4.79 Å². The monoisotopic (exact) mass is 676 g/mol. The number of amides is 4. The highest BCUT2D eigenvalue weighted by Crippen LogP contribution is 2.46. The Morgan fingerprint density at radius 3 is 2.63 bits per heavy atom. The van der Waals surface area contributed by atoms with Crippen molar-refractivity contribution in [2.24, 2.45) is 11.7 Å². The minimum absolute atomic E-state index is 0.00184. The fraction of sp³-hybridized carbons (Fsp3) is 0.613. The molecule has 13 nitrogen and oxygen atoms in total. The Labute approximate surface area is 274 Å². The van der Waals surface area contributed by atoms with Gasteiger partial charge in [0.2, 0.25) is 11.8 Å². The first-order chi connectivity index (χ1) is 22.0. The molecule has 5 atom stereocenters. The smallest absolute Gasteiger partial charge is 0.410 e. The van der Waals surface area contributed by atoms with Gasteiger partial charge in [0.25, 0.3) is 5.91 Å². The normalized spacial score (nSPS) is 31.2. The molecular weight excluding hydrogens is 636 g/mol. The lowest BCUT2D eigenvalue weighted by atomic mass is 10.1. The third-order valence-corrected chi connectivity index (χ3v) is 11.6. The quantitative estimate of drug-likeness (QED) is 0.406. The highest BCUT2D eigenvalue weighted by atomic mass is 35.5. The third kappa shape index (κ3) is 6.62. The van der Waals surface area contributed by atoms with Gasteiger partial charge < -0.3 is 20.7 Å². The van der Waals surface area contributed by atoms with Gasteiger partial charge in [0, 0.05) is 37.0 Å². The van der Waals surface area contributed by atoms with Crippen molar-refractivity contribution in [1.82, 2.24) is 24.1 Å². The number of allylic oxidation sites excluding steroid dienone is 1. The van der Waals surface area contributed by atoms with Gasteiger partial charge in [-0.1, -0.05) is 48.7 Å². The molecule has 0 unspecified atom stereocenters. The fourth-order valence-corrected chi connectivity index (χ4v) is 8.53. The Balaban J connectivity index is 1.20. The molecular formula is C31H41ClN6O7S. The number of nitrogens with one attached hydrogen (secondary N) is 2. The largest absolute Gasteiger partial charge is 0.444 e. The summed E-state index contributed by atoms with van der Waals surface area (Å²) in [7, 11) is -4.08. The molecule has 0 bridgehead atoms. The molecule has 4 N–H and O–H groups in total. The number of hydrogen-bond acceptors (Lipinski definition) is 8. The number of carbonyl (C=O) groups is 4. The summed E-state index contributed by atoms with van der Waals surface area (Å²) < 4.78 is 35.2. The van der Waals surface area contributed by atoms with Crippen LogP contribution in [0.5, 0.6) is 0 Å². The van der Waals surface area contributed by atoms with Crippen LogP contribution >= 0.6 is 11.6 Å². The van der Waals surface area contributed by atoms with Crippen molar-refractivity contribution in [2.45, 2.75) is 94.6 Å². The average molecular weight is 677 g/mol. The van der Waals surface area contributed by atoms with E-state index in [1.165, 1.54) is 14.1 Å². The summed E-state index contributed by atoms with van der Waals surface area (Å²) in [5, 5.41) is 3.38. The lowest BCUT2D eigenvalue weighted by molar-refractivity contribution is -0.140. The van der Waals surface area contributed by atoms with Crippen LogP contribution in [0.3, 0.4) is 0 Å². The number of fused-ring (bicyclic) bond motifs is 3. The predicted octanol–water partition coefficient (Wildman–Crippen LogP) is 1.94. The summed E-state index contributed by atoms with van der Waals surface area (Å²) >= 11 is 6.32. The van der Waals surface area contributed by atoms with E-state index in [4.69, 9.17) is 22.1 Å². The van der Waals surface area contributed by atoms with Gasteiger partial charge in [-0.2, -0.15) is 12.7 Å². The zero-order valence-corrected chi connectivity index (χ0v) is 27.2. The van der Waals surface area contributed by atoms with Gasteiger partial charge in [-0.3, -0.25) is 19.3 Å². The van der Waals surface area contributed by atoms with Crippen LogP contribution in [0.1, 0.15) is 68.9 Å². The van der Waals surface area contributed by atoms with Gasteiger partial charge in [-0.15, -0.1) is 0 Å². The first-order valence-electron chi connectivity index (χ1n) is 16.1. The molecule has 4 amide bonds. The summed E-state index contributed by atoms with van der Waals surface area (Å²) in [6.07, 6.45) is 7.67. The van der Waals surface area contributed by atoms with Crippen molar-refractivity contribution < 1.29 is 32.3 Å². The maximum atomic E-state index is 14.0. The van der Waals surface area contributed by atoms with Crippen molar-refractivity contribution in [3.63, 3.8) is 0 Å². The highest BCUT2D eigenvalue weighted by molar-refractivity contribution is 7.87. The molecule has 250 valence electrons. The van der Waals surface area contributed by atoms with Crippen LogP contribution in [-0.4, -0.2) is 89.7 Å². The molecule has 46 heavy (non-hydrogen) atoms. The highest BCUT2D eigenvalue weighted by Gasteiger charge is 2.62. The molecule has 4 heterocycles. The molecule has 15 heteroatoms. The van der Waals surface area contributed by atoms with Gasteiger partial charge in [0.05, 0.1) is 19.1 Å². The lowest BCUT2D eigenvalue weighted by Crippen LogP contribution is -2.58. The molecule has 1 saturated carbocycles. The summed E-state index contributed by atoms with van der Waals surface area (Å²) in [5.41, 5.74) is 6.59. The number of halogens is 1. The fourth-order valence-electron chi connectivity index (χ4n) is 6.99. The number of rotatable bonds is 4. The van der Waals surface area contributed by atoms with E-state index < -0.39 is 63.7 Å². The predicted molar refractivity (Wildman–Crippen MR) is 168 cm³/mol. The standard InChI is InChI=1S/C31H41ClN6O7S/c32-24-11-8-9-20-17-36(19-23(20)24)30(42)45-22-15-26-27(39)34-31(29(41)35-46(43,44)37-13-6-7-14-37)16-21(31)10-4-2-1-3-5-12-25(33)28(40)38(26)18-22/h4,8-11,21-22,25-26H,1-3,5-7,12-19,33H2,(H,34,39)(H,35,41)/b10-4-/t21-,22+,25-,26-,31+/m0/s1. The zero-order valence-electron chi connectivity index (χ0n) is 25.7. The number of benzene rings is 1. The van der Waals surface area contributed by atoms with Crippen LogP contribution in [0.25, 0.3) is 0 Å². The van der Waals surface area contributed by atoms with Crippen molar-refractivity contribution in [1.29, 1.82) is 0 Å². The minimum Gasteiger partial charge on any atom is -0.444 e. The van der Waals surface area contributed by atoms with E-state index in [2.05, 4.69) is 10.0 Å². The third-order valence-electron chi connectivity index (χ3n) is 9.76.